The monoisotopic (exact) mass is 628 g/mol. The number of anilines is 2. The Morgan fingerprint density at radius 2 is 1.18 bits per heavy atom. The molecule has 4 aliphatic rings. The summed E-state index contributed by atoms with van der Waals surface area (Å²) in [5.74, 6) is 1.28. The van der Waals surface area contributed by atoms with Gasteiger partial charge in [0.2, 0.25) is 0 Å². The van der Waals surface area contributed by atoms with Crippen molar-refractivity contribution >= 4 is 55.8 Å². The Hall–Kier alpha value is -6.06. The molecular formula is C46H32N2O. The molecule has 3 aliphatic heterocycles. The molecule has 0 fully saturated rings. The fourth-order valence-electron chi connectivity index (χ4n) is 8.67. The van der Waals surface area contributed by atoms with Crippen molar-refractivity contribution < 1.29 is 4.74 Å². The zero-order chi connectivity index (χ0) is 32.1. The van der Waals surface area contributed by atoms with Gasteiger partial charge in [-0.3, -0.25) is 0 Å². The number of ether oxygens (including phenoxy) is 1. The van der Waals surface area contributed by atoms with Crippen molar-refractivity contribution in [3.05, 3.63) is 173 Å². The zero-order valence-corrected chi connectivity index (χ0v) is 26.7. The van der Waals surface area contributed by atoms with Crippen molar-refractivity contribution in [2.75, 3.05) is 10.6 Å². The second kappa shape index (κ2) is 10.2. The lowest BCUT2D eigenvalue weighted by Crippen LogP contribution is -2.18. The van der Waals surface area contributed by atoms with E-state index in [-0.39, 0.29) is 24.1 Å². The number of fused-ring (bicyclic) bond motifs is 6. The third-order valence-electron chi connectivity index (χ3n) is 11.0. The number of para-hydroxylation sites is 1. The molecule has 7 aromatic carbocycles. The number of nitrogens with one attached hydrogen (secondary N) is 2. The van der Waals surface area contributed by atoms with Crippen LogP contribution in [0.15, 0.2) is 146 Å². The van der Waals surface area contributed by atoms with Crippen molar-refractivity contribution in [1.82, 2.24) is 0 Å². The van der Waals surface area contributed by atoms with Crippen LogP contribution in [0.5, 0.6) is 5.75 Å². The second-order valence-electron chi connectivity index (χ2n) is 13.7. The van der Waals surface area contributed by atoms with Crippen LogP contribution in [0, 0.1) is 0 Å². The molecule has 7 aromatic rings. The topological polar surface area (TPSA) is 33.3 Å². The van der Waals surface area contributed by atoms with Gasteiger partial charge in [0, 0.05) is 17.0 Å². The van der Waals surface area contributed by atoms with Crippen LogP contribution >= 0.6 is 0 Å². The number of rotatable bonds is 3. The molecule has 3 heteroatoms. The molecule has 0 amide bonds. The molecule has 0 bridgehead atoms. The predicted octanol–water partition coefficient (Wildman–Crippen LogP) is 11.6. The van der Waals surface area contributed by atoms with Crippen molar-refractivity contribution in [3.63, 3.8) is 0 Å². The molecule has 2 N–H and O–H groups in total. The Balaban J connectivity index is 1.03. The lowest BCUT2D eigenvalue weighted by Gasteiger charge is -2.31. The summed E-state index contributed by atoms with van der Waals surface area (Å²) in [6.07, 6.45) is 17.8. The third-order valence-corrected chi connectivity index (χ3v) is 11.0. The Morgan fingerprint density at radius 3 is 2.02 bits per heavy atom. The first-order valence-electron chi connectivity index (χ1n) is 17.3. The minimum atomic E-state index is 0.0289. The molecule has 4 atom stereocenters. The van der Waals surface area contributed by atoms with E-state index in [9.17, 15) is 0 Å². The molecule has 0 saturated carbocycles. The van der Waals surface area contributed by atoms with Crippen molar-refractivity contribution in [2.45, 2.75) is 24.1 Å². The van der Waals surface area contributed by atoms with Crippen LogP contribution in [-0.4, -0.2) is 6.10 Å². The largest absolute Gasteiger partial charge is 0.484 e. The third kappa shape index (κ3) is 3.96. The maximum Gasteiger partial charge on any atom is 0.132 e. The quantitative estimate of drug-likeness (QED) is 0.191. The Morgan fingerprint density at radius 1 is 0.490 bits per heavy atom. The van der Waals surface area contributed by atoms with E-state index < -0.39 is 0 Å². The predicted molar refractivity (Wildman–Crippen MR) is 205 cm³/mol. The molecule has 0 spiro atoms. The first-order valence-corrected chi connectivity index (χ1v) is 17.3. The van der Waals surface area contributed by atoms with E-state index in [2.05, 4.69) is 168 Å². The summed E-state index contributed by atoms with van der Waals surface area (Å²) in [7, 11) is 0. The highest BCUT2D eigenvalue weighted by atomic mass is 16.5. The first kappa shape index (κ1) is 26.9. The minimum Gasteiger partial charge on any atom is -0.484 e. The first-order chi connectivity index (χ1) is 24.3. The molecule has 4 unspecified atom stereocenters. The average Bonchev–Trinajstić information content (AvgIpc) is 3.56. The fourth-order valence-corrected chi connectivity index (χ4v) is 8.67. The molecule has 0 aromatic heterocycles. The summed E-state index contributed by atoms with van der Waals surface area (Å²) in [6, 6.07) is 40.3. The SMILES string of the molecule is C1=CC2Oc3c(-c4ccc5ccc6c(C7C=Cc8ccc9c(c8N7)NC(c7ccccc7)C=C9)ccc7ccc4c5c76)cccc3C2C=C1. The van der Waals surface area contributed by atoms with Gasteiger partial charge in [-0.1, -0.05) is 152 Å². The number of hydrogen-bond donors (Lipinski definition) is 2. The molecule has 0 saturated heterocycles. The Kier molecular flexibility index (Phi) is 5.62. The highest BCUT2D eigenvalue weighted by molar-refractivity contribution is 6.26. The van der Waals surface area contributed by atoms with Gasteiger partial charge in [-0.25, -0.2) is 0 Å². The summed E-state index contributed by atoms with van der Waals surface area (Å²) in [6.45, 7) is 0. The normalized spacial score (nSPS) is 21.2. The van der Waals surface area contributed by atoms with Crippen LogP contribution in [-0.2, 0) is 0 Å². The van der Waals surface area contributed by atoms with Gasteiger partial charge in [0.05, 0.1) is 23.5 Å². The van der Waals surface area contributed by atoms with Crippen LogP contribution in [0.2, 0.25) is 0 Å². The molecule has 1 aliphatic carbocycles. The summed E-state index contributed by atoms with van der Waals surface area (Å²) in [5, 5.41) is 15.5. The van der Waals surface area contributed by atoms with Crippen LogP contribution in [0.4, 0.5) is 11.4 Å². The molecule has 0 radical (unpaired) electrons. The Bertz CT molecular complexity index is 2610. The summed E-state index contributed by atoms with van der Waals surface area (Å²) in [5.41, 5.74) is 10.9. The van der Waals surface area contributed by atoms with E-state index in [4.69, 9.17) is 4.74 Å². The van der Waals surface area contributed by atoms with Gasteiger partial charge in [0.1, 0.15) is 11.9 Å². The van der Waals surface area contributed by atoms with E-state index in [1.165, 1.54) is 71.3 Å². The lowest BCUT2D eigenvalue weighted by atomic mass is 9.85. The summed E-state index contributed by atoms with van der Waals surface area (Å²) >= 11 is 0. The van der Waals surface area contributed by atoms with E-state index in [0.717, 1.165) is 17.1 Å². The molecule has 11 rings (SSSR count). The minimum absolute atomic E-state index is 0.0289. The van der Waals surface area contributed by atoms with Gasteiger partial charge in [-0.2, -0.15) is 0 Å². The van der Waals surface area contributed by atoms with Crippen molar-refractivity contribution in [2.24, 2.45) is 0 Å². The van der Waals surface area contributed by atoms with Gasteiger partial charge in [-0.05, 0) is 66.2 Å². The summed E-state index contributed by atoms with van der Waals surface area (Å²) in [4.78, 5) is 0. The van der Waals surface area contributed by atoms with Gasteiger partial charge < -0.3 is 15.4 Å². The zero-order valence-electron chi connectivity index (χ0n) is 26.7. The molecular weight excluding hydrogens is 597 g/mol. The lowest BCUT2D eigenvalue weighted by molar-refractivity contribution is 0.270. The van der Waals surface area contributed by atoms with Crippen LogP contribution < -0.4 is 15.4 Å². The highest BCUT2D eigenvalue weighted by Gasteiger charge is 2.34. The Labute approximate surface area is 284 Å². The second-order valence-corrected chi connectivity index (χ2v) is 13.7. The van der Waals surface area contributed by atoms with E-state index in [0.29, 0.717) is 0 Å². The average molecular weight is 629 g/mol. The fraction of sp³-hybridized carbons (Fsp3) is 0.0870. The van der Waals surface area contributed by atoms with Gasteiger partial charge >= 0.3 is 0 Å². The van der Waals surface area contributed by atoms with Gasteiger partial charge in [0.25, 0.3) is 0 Å². The number of benzene rings is 7. The van der Waals surface area contributed by atoms with E-state index in [1.807, 2.05) is 0 Å². The smallest absolute Gasteiger partial charge is 0.132 e. The number of allylic oxidation sites excluding steroid dienone is 2. The van der Waals surface area contributed by atoms with E-state index >= 15 is 0 Å². The van der Waals surface area contributed by atoms with Gasteiger partial charge in [-0.15, -0.1) is 0 Å². The standard InChI is InChI=1S/C46H32N2O/c1-2-7-27(8-3-1)39-25-19-30-13-14-31-20-26-40(48-45(31)44(30)47-39)33-22-16-29-17-23-35-32(21-15-28-18-24-36(33)43(29)42(28)35)37-10-6-11-38-34-9-4-5-12-41(34)49-46(37)38/h1-26,34,39-41,47-48H. The maximum atomic E-state index is 6.62. The van der Waals surface area contributed by atoms with Crippen molar-refractivity contribution in [3.8, 4) is 16.9 Å². The molecule has 232 valence electrons. The molecule has 3 nitrogen and oxygen atoms in total. The van der Waals surface area contributed by atoms with Crippen molar-refractivity contribution in [1.29, 1.82) is 0 Å². The van der Waals surface area contributed by atoms with Crippen LogP contribution in [0.25, 0.3) is 55.6 Å². The van der Waals surface area contributed by atoms with Crippen LogP contribution in [0.3, 0.4) is 0 Å². The van der Waals surface area contributed by atoms with Gasteiger partial charge in [0.15, 0.2) is 0 Å². The summed E-state index contributed by atoms with van der Waals surface area (Å²) < 4.78 is 6.62. The van der Waals surface area contributed by atoms with Crippen LogP contribution in [0.1, 0.15) is 45.8 Å². The molecule has 3 heterocycles. The molecule has 49 heavy (non-hydrogen) atoms. The highest BCUT2D eigenvalue weighted by Crippen LogP contribution is 2.50. The maximum absolute atomic E-state index is 6.62. The number of hydrogen-bond acceptors (Lipinski definition) is 3. The van der Waals surface area contributed by atoms with E-state index in [1.54, 1.807) is 0 Å².